The predicted octanol–water partition coefficient (Wildman–Crippen LogP) is 19.2. The first-order chi connectivity index (χ1) is 36.2. The molecule has 1 aliphatic rings. The molecule has 1 heterocycles. The first-order valence-electron chi connectivity index (χ1n) is 25.2. The van der Waals surface area contributed by atoms with E-state index < -0.39 is 5.41 Å². The molecular formula is C71H47NO. The van der Waals surface area contributed by atoms with Crippen molar-refractivity contribution in [3.05, 3.63) is 307 Å². The molecule has 342 valence electrons. The molecule has 0 saturated carbocycles. The van der Waals surface area contributed by atoms with E-state index in [1.807, 2.05) is 6.07 Å². The Kier molecular flexibility index (Phi) is 10.1. The molecule has 2 heteroatoms. The van der Waals surface area contributed by atoms with Crippen molar-refractivity contribution in [2.75, 3.05) is 4.90 Å². The van der Waals surface area contributed by atoms with E-state index in [1.54, 1.807) is 0 Å². The Balaban J connectivity index is 0.962. The second kappa shape index (κ2) is 17.4. The van der Waals surface area contributed by atoms with Crippen LogP contribution in [0, 0.1) is 0 Å². The number of para-hydroxylation sites is 3. The third-order valence-electron chi connectivity index (χ3n) is 15.2. The Morgan fingerprint density at radius 1 is 0.301 bits per heavy atom. The summed E-state index contributed by atoms with van der Waals surface area (Å²) in [6.07, 6.45) is 0. The molecule has 0 spiro atoms. The van der Waals surface area contributed by atoms with E-state index in [2.05, 4.69) is 284 Å². The van der Waals surface area contributed by atoms with Gasteiger partial charge < -0.3 is 9.32 Å². The van der Waals surface area contributed by atoms with E-state index in [0.717, 1.165) is 61.3 Å². The Labute approximate surface area is 425 Å². The number of fused-ring (bicyclic) bond motifs is 7. The smallest absolute Gasteiger partial charge is 0.136 e. The maximum Gasteiger partial charge on any atom is 0.136 e. The molecule has 13 aromatic rings. The molecule has 0 radical (unpaired) electrons. The van der Waals surface area contributed by atoms with Gasteiger partial charge in [0, 0.05) is 27.6 Å². The van der Waals surface area contributed by atoms with Gasteiger partial charge in [-0.1, -0.05) is 243 Å². The van der Waals surface area contributed by atoms with Crippen molar-refractivity contribution >= 4 is 49.8 Å². The number of benzene rings is 12. The second-order valence-corrected chi connectivity index (χ2v) is 19.1. The first kappa shape index (κ1) is 42.4. The fourth-order valence-corrected chi connectivity index (χ4v) is 11.9. The molecule has 0 unspecified atom stereocenters. The van der Waals surface area contributed by atoms with Gasteiger partial charge in [-0.3, -0.25) is 0 Å². The van der Waals surface area contributed by atoms with Gasteiger partial charge in [0.05, 0.1) is 16.8 Å². The molecule has 0 bridgehead atoms. The van der Waals surface area contributed by atoms with Crippen molar-refractivity contribution < 1.29 is 4.42 Å². The molecule has 0 fully saturated rings. The number of furan rings is 1. The minimum Gasteiger partial charge on any atom is -0.456 e. The SMILES string of the molecule is c1ccc(C2(c3ccccc3)c3ccccc3-c3c(-c4ccccc4N(c4ccc(-c5ccc(-c6ccc7ccccc7c6)cc5)cc4)c4ccccc4-c4cccc5oc6ccccc6c45)cccc32)cc1. The van der Waals surface area contributed by atoms with Crippen molar-refractivity contribution in [2.24, 2.45) is 0 Å². The van der Waals surface area contributed by atoms with Crippen LogP contribution < -0.4 is 4.90 Å². The summed E-state index contributed by atoms with van der Waals surface area (Å²) in [6.45, 7) is 0. The molecular weight excluding hydrogens is 883 g/mol. The topological polar surface area (TPSA) is 16.4 Å². The van der Waals surface area contributed by atoms with Crippen LogP contribution in [0.1, 0.15) is 22.3 Å². The Morgan fingerprint density at radius 2 is 0.781 bits per heavy atom. The minimum atomic E-state index is -0.527. The van der Waals surface area contributed by atoms with Crippen molar-refractivity contribution in [2.45, 2.75) is 5.41 Å². The van der Waals surface area contributed by atoms with Crippen LogP contribution in [0.2, 0.25) is 0 Å². The van der Waals surface area contributed by atoms with Gasteiger partial charge in [0.1, 0.15) is 11.2 Å². The molecule has 0 N–H and O–H groups in total. The summed E-state index contributed by atoms with van der Waals surface area (Å²) in [4.78, 5) is 2.47. The monoisotopic (exact) mass is 929 g/mol. The lowest BCUT2D eigenvalue weighted by atomic mass is 9.67. The van der Waals surface area contributed by atoms with Crippen LogP contribution >= 0.6 is 0 Å². The molecule has 1 aromatic heterocycles. The molecule has 1 aliphatic carbocycles. The van der Waals surface area contributed by atoms with Gasteiger partial charge in [0.2, 0.25) is 0 Å². The maximum absolute atomic E-state index is 6.50. The molecule has 12 aromatic carbocycles. The van der Waals surface area contributed by atoms with E-state index in [4.69, 9.17) is 4.42 Å². The Morgan fingerprint density at radius 3 is 1.49 bits per heavy atom. The Bertz CT molecular complexity index is 4150. The van der Waals surface area contributed by atoms with E-state index in [9.17, 15) is 0 Å². The fraction of sp³-hybridized carbons (Fsp3) is 0.0141. The maximum atomic E-state index is 6.50. The fourth-order valence-electron chi connectivity index (χ4n) is 11.9. The molecule has 0 aliphatic heterocycles. The number of anilines is 3. The lowest BCUT2D eigenvalue weighted by molar-refractivity contribution is 0.669. The highest BCUT2D eigenvalue weighted by atomic mass is 16.3. The average Bonchev–Trinajstić information content (AvgIpc) is 4.01. The molecule has 14 rings (SSSR count). The second-order valence-electron chi connectivity index (χ2n) is 19.1. The predicted molar refractivity (Wildman–Crippen MR) is 305 cm³/mol. The van der Waals surface area contributed by atoms with Crippen LogP contribution in [0.15, 0.2) is 290 Å². The molecule has 0 atom stereocenters. The highest BCUT2D eigenvalue weighted by molar-refractivity contribution is 6.14. The molecule has 2 nitrogen and oxygen atoms in total. The van der Waals surface area contributed by atoms with Gasteiger partial charge in [-0.05, 0) is 120 Å². The lowest BCUT2D eigenvalue weighted by Gasteiger charge is -2.34. The Hall–Kier alpha value is -9.50. The lowest BCUT2D eigenvalue weighted by Crippen LogP contribution is -2.28. The largest absolute Gasteiger partial charge is 0.456 e. The number of rotatable bonds is 9. The molecule has 0 amide bonds. The third kappa shape index (κ3) is 6.87. The minimum absolute atomic E-state index is 0.527. The van der Waals surface area contributed by atoms with Crippen LogP contribution in [0.25, 0.3) is 88.3 Å². The first-order valence-corrected chi connectivity index (χ1v) is 25.2. The van der Waals surface area contributed by atoms with Crippen LogP contribution in [0.5, 0.6) is 0 Å². The van der Waals surface area contributed by atoms with E-state index in [-0.39, 0.29) is 0 Å². The van der Waals surface area contributed by atoms with Gasteiger partial charge in [0.15, 0.2) is 0 Å². The van der Waals surface area contributed by atoms with E-state index in [0.29, 0.717) is 0 Å². The van der Waals surface area contributed by atoms with Crippen molar-refractivity contribution in [1.29, 1.82) is 0 Å². The van der Waals surface area contributed by atoms with E-state index >= 15 is 0 Å². The number of nitrogens with zero attached hydrogens (tertiary/aromatic N) is 1. The summed E-state index contributed by atoms with van der Waals surface area (Å²) in [6, 6.07) is 104. The zero-order valence-corrected chi connectivity index (χ0v) is 40.0. The van der Waals surface area contributed by atoms with Crippen molar-refractivity contribution in [1.82, 2.24) is 0 Å². The van der Waals surface area contributed by atoms with Gasteiger partial charge in [-0.25, -0.2) is 0 Å². The van der Waals surface area contributed by atoms with Crippen LogP contribution in [-0.2, 0) is 5.41 Å². The number of hydrogen-bond donors (Lipinski definition) is 0. The summed E-state index contributed by atoms with van der Waals surface area (Å²) in [5, 5.41) is 4.71. The summed E-state index contributed by atoms with van der Waals surface area (Å²) >= 11 is 0. The van der Waals surface area contributed by atoms with Crippen molar-refractivity contribution in [3.63, 3.8) is 0 Å². The van der Waals surface area contributed by atoms with Crippen LogP contribution in [-0.4, -0.2) is 0 Å². The summed E-state index contributed by atoms with van der Waals surface area (Å²) in [5.74, 6) is 0. The van der Waals surface area contributed by atoms with Crippen LogP contribution in [0.4, 0.5) is 17.1 Å². The highest BCUT2D eigenvalue weighted by Crippen LogP contribution is 2.59. The molecule has 0 saturated heterocycles. The normalized spacial score (nSPS) is 12.5. The number of hydrogen-bond acceptors (Lipinski definition) is 2. The summed E-state index contributed by atoms with van der Waals surface area (Å²) in [7, 11) is 0. The molecule has 73 heavy (non-hydrogen) atoms. The zero-order valence-electron chi connectivity index (χ0n) is 40.0. The average molecular weight is 930 g/mol. The van der Waals surface area contributed by atoms with E-state index in [1.165, 1.54) is 66.4 Å². The van der Waals surface area contributed by atoms with Gasteiger partial charge in [-0.2, -0.15) is 0 Å². The van der Waals surface area contributed by atoms with Crippen molar-refractivity contribution in [3.8, 4) is 55.6 Å². The third-order valence-corrected chi connectivity index (χ3v) is 15.2. The zero-order chi connectivity index (χ0) is 48.3. The summed E-state index contributed by atoms with van der Waals surface area (Å²) in [5.41, 5.74) is 21.3. The van der Waals surface area contributed by atoms with Gasteiger partial charge in [0.25, 0.3) is 0 Å². The standard InChI is InChI=1S/C71H47NO/c1-3-21-54(22-4-1)71(55-23-5-2-6-24-55)63-31-13-9-27-61(63)69-59(29-17-32-64(69)71)57-25-10-14-33-65(57)72(66-34-15-11-26-58(66)60-30-18-36-68-70(60)62-28-12-16-35-67(62)73-68)56-45-43-50(44-46-56)49-37-39-51(40-38-49)53-42-41-48-19-7-8-20-52(48)47-53/h1-47H. The van der Waals surface area contributed by atoms with Crippen LogP contribution in [0.3, 0.4) is 0 Å². The van der Waals surface area contributed by atoms with Gasteiger partial charge >= 0.3 is 0 Å². The summed E-state index contributed by atoms with van der Waals surface area (Å²) < 4.78 is 6.50. The quantitative estimate of drug-likeness (QED) is 0.143. The highest BCUT2D eigenvalue weighted by Gasteiger charge is 2.47. The van der Waals surface area contributed by atoms with Gasteiger partial charge in [-0.15, -0.1) is 0 Å².